The zero-order chi connectivity index (χ0) is 14.9. The summed E-state index contributed by atoms with van der Waals surface area (Å²) in [4.78, 5) is 0. The average molecular weight is 289 g/mol. The molecule has 0 heterocycles. The zero-order valence-electron chi connectivity index (χ0n) is 12.4. The first-order valence-corrected chi connectivity index (χ1v) is 7.22. The summed E-state index contributed by atoms with van der Waals surface area (Å²) in [6.45, 7) is 8.48. The Kier molecular flexibility index (Phi) is 4.22. The van der Waals surface area contributed by atoms with Gasteiger partial charge in [0.15, 0.2) is 0 Å². The Bertz CT molecular complexity index is 594. The van der Waals surface area contributed by atoms with Gasteiger partial charge in [-0.05, 0) is 29.0 Å². The molecule has 1 N–H and O–H groups in total. The van der Waals surface area contributed by atoms with Crippen LogP contribution in [0.25, 0.3) is 0 Å². The van der Waals surface area contributed by atoms with Gasteiger partial charge in [0.1, 0.15) is 6.10 Å². The number of hydrogen-bond donors (Lipinski definition) is 1. The maximum Gasteiger partial charge on any atom is 0.105 e. The molecule has 0 aliphatic heterocycles. The molecule has 2 aromatic carbocycles. The van der Waals surface area contributed by atoms with Gasteiger partial charge in [0.25, 0.3) is 0 Å². The minimum Gasteiger partial charge on any atom is -0.384 e. The van der Waals surface area contributed by atoms with Crippen molar-refractivity contribution in [1.29, 1.82) is 0 Å². The molecule has 0 saturated carbocycles. The second-order valence-corrected chi connectivity index (χ2v) is 6.63. The Balaban J connectivity index is 2.34. The van der Waals surface area contributed by atoms with E-state index >= 15 is 0 Å². The van der Waals surface area contributed by atoms with E-state index in [1.165, 1.54) is 5.56 Å². The molecule has 2 rings (SSSR count). The summed E-state index contributed by atoms with van der Waals surface area (Å²) in [6.07, 6.45) is -0.684. The molecule has 0 saturated heterocycles. The maximum absolute atomic E-state index is 10.5. The lowest BCUT2D eigenvalue weighted by molar-refractivity contribution is 0.220. The van der Waals surface area contributed by atoms with Crippen molar-refractivity contribution < 1.29 is 5.11 Å². The first kappa shape index (κ1) is 15.1. The second kappa shape index (κ2) is 5.59. The molecule has 2 heteroatoms. The van der Waals surface area contributed by atoms with Crippen LogP contribution in [0.15, 0.2) is 42.5 Å². The second-order valence-electron chi connectivity index (χ2n) is 6.25. The van der Waals surface area contributed by atoms with E-state index in [4.69, 9.17) is 11.6 Å². The first-order valence-electron chi connectivity index (χ1n) is 6.84. The van der Waals surface area contributed by atoms with Crippen molar-refractivity contribution in [2.45, 2.75) is 39.2 Å². The number of rotatable bonds is 2. The molecule has 0 bridgehead atoms. The predicted molar refractivity (Wildman–Crippen MR) is 85.4 cm³/mol. The Labute approximate surface area is 126 Å². The van der Waals surface area contributed by atoms with E-state index in [2.05, 4.69) is 32.9 Å². The van der Waals surface area contributed by atoms with Crippen LogP contribution >= 0.6 is 11.6 Å². The topological polar surface area (TPSA) is 20.2 Å². The van der Waals surface area contributed by atoms with E-state index in [0.29, 0.717) is 5.02 Å². The molecule has 0 aliphatic rings. The smallest absolute Gasteiger partial charge is 0.105 e. The molecule has 1 nitrogen and oxygen atoms in total. The van der Waals surface area contributed by atoms with Gasteiger partial charge in [-0.3, -0.25) is 0 Å². The van der Waals surface area contributed by atoms with Crippen molar-refractivity contribution in [1.82, 2.24) is 0 Å². The van der Waals surface area contributed by atoms with Crippen LogP contribution in [-0.4, -0.2) is 5.11 Å². The van der Waals surface area contributed by atoms with Crippen LogP contribution in [0.1, 0.15) is 49.1 Å². The molecule has 0 spiro atoms. The van der Waals surface area contributed by atoms with Crippen molar-refractivity contribution in [3.63, 3.8) is 0 Å². The third-order valence-electron chi connectivity index (χ3n) is 3.61. The molecule has 2 aromatic rings. The highest BCUT2D eigenvalue weighted by Crippen LogP contribution is 2.31. The monoisotopic (exact) mass is 288 g/mol. The maximum atomic E-state index is 10.5. The van der Waals surface area contributed by atoms with Crippen LogP contribution in [0, 0.1) is 6.92 Å². The quantitative estimate of drug-likeness (QED) is 0.822. The number of benzene rings is 2. The van der Waals surface area contributed by atoms with E-state index in [0.717, 1.165) is 16.7 Å². The number of aliphatic hydroxyl groups excluding tert-OH is 1. The summed E-state index contributed by atoms with van der Waals surface area (Å²) in [5, 5.41) is 11.1. The Morgan fingerprint density at radius 1 is 1.00 bits per heavy atom. The normalized spacial score (nSPS) is 13.3. The average Bonchev–Trinajstić information content (AvgIpc) is 2.40. The van der Waals surface area contributed by atoms with Gasteiger partial charge in [-0.2, -0.15) is 0 Å². The third-order valence-corrected chi connectivity index (χ3v) is 4.13. The van der Waals surface area contributed by atoms with Crippen molar-refractivity contribution >= 4 is 11.6 Å². The Morgan fingerprint density at radius 3 is 2.15 bits per heavy atom. The highest BCUT2D eigenvalue weighted by molar-refractivity contribution is 6.32. The molecule has 20 heavy (non-hydrogen) atoms. The lowest BCUT2D eigenvalue weighted by Gasteiger charge is -2.20. The number of aryl methyl sites for hydroxylation is 1. The summed E-state index contributed by atoms with van der Waals surface area (Å²) in [7, 11) is 0. The summed E-state index contributed by atoms with van der Waals surface area (Å²) < 4.78 is 0. The van der Waals surface area contributed by atoms with Gasteiger partial charge < -0.3 is 5.11 Å². The summed E-state index contributed by atoms with van der Waals surface area (Å²) >= 11 is 6.28. The van der Waals surface area contributed by atoms with E-state index in [1.807, 2.05) is 37.3 Å². The lowest BCUT2D eigenvalue weighted by atomic mass is 9.86. The molecular weight excluding hydrogens is 268 g/mol. The van der Waals surface area contributed by atoms with Crippen LogP contribution in [0.4, 0.5) is 0 Å². The molecule has 0 radical (unpaired) electrons. The van der Waals surface area contributed by atoms with Gasteiger partial charge in [0.05, 0.1) is 0 Å². The van der Waals surface area contributed by atoms with E-state index in [-0.39, 0.29) is 5.41 Å². The van der Waals surface area contributed by atoms with Crippen molar-refractivity contribution in [2.75, 3.05) is 0 Å². The van der Waals surface area contributed by atoms with Gasteiger partial charge in [0.2, 0.25) is 0 Å². The van der Waals surface area contributed by atoms with Gasteiger partial charge in [-0.15, -0.1) is 0 Å². The number of halogens is 1. The molecule has 1 unspecified atom stereocenters. The van der Waals surface area contributed by atoms with Crippen LogP contribution in [-0.2, 0) is 5.41 Å². The largest absolute Gasteiger partial charge is 0.384 e. The zero-order valence-corrected chi connectivity index (χ0v) is 13.2. The standard InChI is InChI=1S/C18H21ClO/c1-12-6-5-7-15(16(12)19)17(20)13-8-10-14(11-9-13)18(2,3)4/h5-11,17,20H,1-4H3. The van der Waals surface area contributed by atoms with Gasteiger partial charge in [-0.1, -0.05) is 74.8 Å². The van der Waals surface area contributed by atoms with Gasteiger partial charge in [0, 0.05) is 10.6 Å². The fourth-order valence-corrected chi connectivity index (χ4v) is 2.46. The van der Waals surface area contributed by atoms with Crippen LogP contribution in [0.3, 0.4) is 0 Å². The third kappa shape index (κ3) is 3.05. The highest BCUT2D eigenvalue weighted by atomic mass is 35.5. The van der Waals surface area contributed by atoms with Gasteiger partial charge in [-0.25, -0.2) is 0 Å². The Morgan fingerprint density at radius 2 is 1.60 bits per heavy atom. The van der Waals surface area contributed by atoms with E-state index < -0.39 is 6.10 Å². The number of aliphatic hydroxyl groups is 1. The fraction of sp³-hybridized carbons (Fsp3) is 0.333. The molecule has 0 amide bonds. The minimum atomic E-state index is -0.684. The van der Waals surface area contributed by atoms with E-state index in [1.54, 1.807) is 0 Å². The van der Waals surface area contributed by atoms with Crippen LogP contribution in [0.5, 0.6) is 0 Å². The highest BCUT2D eigenvalue weighted by Gasteiger charge is 2.17. The van der Waals surface area contributed by atoms with Crippen molar-refractivity contribution in [2.24, 2.45) is 0 Å². The lowest BCUT2D eigenvalue weighted by Crippen LogP contribution is -2.11. The van der Waals surface area contributed by atoms with Gasteiger partial charge >= 0.3 is 0 Å². The SMILES string of the molecule is Cc1cccc(C(O)c2ccc(C(C)(C)C)cc2)c1Cl. The van der Waals surface area contributed by atoms with Crippen LogP contribution < -0.4 is 0 Å². The summed E-state index contributed by atoms with van der Waals surface area (Å²) in [5.74, 6) is 0. The number of hydrogen-bond acceptors (Lipinski definition) is 1. The molecule has 0 aliphatic carbocycles. The summed E-state index contributed by atoms with van der Waals surface area (Å²) in [5.41, 5.74) is 3.98. The van der Waals surface area contributed by atoms with Crippen molar-refractivity contribution in [3.05, 3.63) is 69.7 Å². The molecule has 0 fully saturated rings. The summed E-state index contributed by atoms with van der Waals surface area (Å²) in [6, 6.07) is 13.8. The van der Waals surface area contributed by atoms with Crippen LogP contribution in [0.2, 0.25) is 5.02 Å². The Hall–Kier alpha value is -1.31. The van der Waals surface area contributed by atoms with E-state index in [9.17, 15) is 5.11 Å². The predicted octanol–water partition coefficient (Wildman–Crippen LogP) is 5.03. The molecule has 1 atom stereocenters. The fourth-order valence-electron chi connectivity index (χ4n) is 2.23. The molecular formula is C18H21ClO. The molecule has 106 valence electrons. The molecule has 0 aromatic heterocycles. The van der Waals surface area contributed by atoms with Crippen molar-refractivity contribution in [3.8, 4) is 0 Å². The minimum absolute atomic E-state index is 0.116. The first-order chi connectivity index (χ1) is 9.30.